The monoisotopic (exact) mass is 291 g/mol. The van der Waals surface area contributed by atoms with Gasteiger partial charge < -0.3 is 10.1 Å². The fourth-order valence-electron chi connectivity index (χ4n) is 1.98. The normalized spacial score (nSPS) is 10.5. The van der Waals surface area contributed by atoms with Crippen molar-refractivity contribution in [2.75, 3.05) is 11.9 Å². The SMILES string of the molecule is CCCOc1cc(C)ccc1NCc1cccc(F)c1F. The lowest BCUT2D eigenvalue weighted by Crippen LogP contribution is -2.06. The zero-order valence-corrected chi connectivity index (χ0v) is 12.2. The Balaban J connectivity index is 2.14. The van der Waals surface area contributed by atoms with Crippen molar-refractivity contribution in [1.82, 2.24) is 0 Å². The second-order valence-corrected chi connectivity index (χ2v) is 4.91. The van der Waals surface area contributed by atoms with E-state index in [0.717, 1.165) is 29.5 Å². The Morgan fingerprint density at radius 2 is 1.95 bits per heavy atom. The van der Waals surface area contributed by atoms with Crippen molar-refractivity contribution in [3.8, 4) is 5.75 Å². The van der Waals surface area contributed by atoms with Gasteiger partial charge in [-0.15, -0.1) is 0 Å². The first-order valence-electron chi connectivity index (χ1n) is 7.02. The van der Waals surface area contributed by atoms with Crippen molar-refractivity contribution in [1.29, 1.82) is 0 Å². The quantitative estimate of drug-likeness (QED) is 0.834. The highest BCUT2D eigenvalue weighted by molar-refractivity contribution is 5.58. The van der Waals surface area contributed by atoms with E-state index in [9.17, 15) is 8.78 Å². The van der Waals surface area contributed by atoms with Gasteiger partial charge in [0, 0.05) is 12.1 Å². The molecule has 0 saturated heterocycles. The average Bonchev–Trinajstić information content (AvgIpc) is 2.48. The Morgan fingerprint density at radius 1 is 1.14 bits per heavy atom. The van der Waals surface area contributed by atoms with E-state index in [2.05, 4.69) is 5.32 Å². The summed E-state index contributed by atoms with van der Waals surface area (Å²) >= 11 is 0. The predicted molar refractivity (Wildman–Crippen MR) is 80.6 cm³/mol. The van der Waals surface area contributed by atoms with Gasteiger partial charge in [-0.25, -0.2) is 8.78 Å². The number of anilines is 1. The van der Waals surface area contributed by atoms with Gasteiger partial charge in [0.2, 0.25) is 0 Å². The molecule has 0 aliphatic rings. The van der Waals surface area contributed by atoms with Crippen molar-refractivity contribution in [2.24, 2.45) is 0 Å². The van der Waals surface area contributed by atoms with Gasteiger partial charge in [0.1, 0.15) is 5.75 Å². The second kappa shape index (κ2) is 7.07. The summed E-state index contributed by atoms with van der Waals surface area (Å²) in [5.74, 6) is -0.914. The molecular weight excluding hydrogens is 272 g/mol. The zero-order valence-electron chi connectivity index (χ0n) is 12.2. The fourth-order valence-corrected chi connectivity index (χ4v) is 1.98. The lowest BCUT2D eigenvalue weighted by atomic mass is 10.1. The Bertz CT molecular complexity index is 614. The largest absolute Gasteiger partial charge is 0.491 e. The summed E-state index contributed by atoms with van der Waals surface area (Å²) in [6, 6.07) is 9.94. The summed E-state index contributed by atoms with van der Waals surface area (Å²) in [7, 11) is 0. The molecule has 2 nitrogen and oxygen atoms in total. The minimum Gasteiger partial charge on any atom is -0.491 e. The fraction of sp³-hybridized carbons (Fsp3) is 0.294. The molecule has 0 bridgehead atoms. The Morgan fingerprint density at radius 3 is 2.71 bits per heavy atom. The topological polar surface area (TPSA) is 21.3 Å². The van der Waals surface area contributed by atoms with E-state index in [1.165, 1.54) is 6.07 Å². The van der Waals surface area contributed by atoms with Crippen LogP contribution < -0.4 is 10.1 Å². The summed E-state index contributed by atoms with van der Waals surface area (Å²) in [6.45, 7) is 4.83. The molecule has 0 aliphatic carbocycles. The molecule has 0 heterocycles. The number of nitrogens with one attached hydrogen (secondary N) is 1. The molecule has 0 aromatic heterocycles. The Hall–Kier alpha value is -2.10. The van der Waals surface area contributed by atoms with Crippen molar-refractivity contribution < 1.29 is 13.5 Å². The molecule has 21 heavy (non-hydrogen) atoms. The third kappa shape index (κ3) is 3.94. The lowest BCUT2D eigenvalue weighted by Gasteiger charge is -2.14. The summed E-state index contributed by atoms with van der Waals surface area (Å²) in [4.78, 5) is 0. The van der Waals surface area contributed by atoms with Gasteiger partial charge in [0.15, 0.2) is 11.6 Å². The van der Waals surface area contributed by atoms with Crippen LogP contribution in [0.5, 0.6) is 5.75 Å². The van der Waals surface area contributed by atoms with Gasteiger partial charge in [-0.1, -0.05) is 25.1 Å². The van der Waals surface area contributed by atoms with Crippen LogP contribution in [0, 0.1) is 18.6 Å². The summed E-state index contributed by atoms with van der Waals surface area (Å²) in [6.07, 6.45) is 0.909. The summed E-state index contributed by atoms with van der Waals surface area (Å²) < 4.78 is 32.5. The van der Waals surface area contributed by atoms with Gasteiger partial charge in [-0.05, 0) is 37.1 Å². The van der Waals surface area contributed by atoms with Crippen LogP contribution in [0.2, 0.25) is 0 Å². The molecule has 0 aliphatic heterocycles. The molecule has 4 heteroatoms. The Labute approximate surface area is 123 Å². The molecule has 0 unspecified atom stereocenters. The molecule has 2 aromatic rings. The zero-order chi connectivity index (χ0) is 15.2. The highest BCUT2D eigenvalue weighted by Crippen LogP contribution is 2.27. The molecule has 112 valence electrons. The molecule has 0 radical (unpaired) electrons. The van der Waals surface area contributed by atoms with E-state index in [0.29, 0.717) is 6.61 Å². The first kappa shape index (κ1) is 15.3. The van der Waals surface area contributed by atoms with Gasteiger partial charge in [-0.3, -0.25) is 0 Å². The maximum absolute atomic E-state index is 13.6. The summed E-state index contributed by atoms with van der Waals surface area (Å²) in [5, 5.41) is 3.10. The minimum absolute atomic E-state index is 0.204. The van der Waals surface area contributed by atoms with Gasteiger partial charge in [-0.2, -0.15) is 0 Å². The number of halogens is 2. The van der Waals surface area contributed by atoms with Crippen molar-refractivity contribution in [2.45, 2.75) is 26.8 Å². The van der Waals surface area contributed by atoms with E-state index >= 15 is 0 Å². The molecule has 0 saturated carbocycles. The van der Waals surface area contributed by atoms with Gasteiger partial charge in [0.05, 0.1) is 12.3 Å². The van der Waals surface area contributed by atoms with Crippen LogP contribution in [-0.2, 0) is 6.54 Å². The van der Waals surface area contributed by atoms with E-state index in [1.807, 2.05) is 32.0 Å². The number of hydrogen-bond acceptors (Lipinski definition) is 2. The molecule has 0 amide bonds. The predicted octanol–water partition coefficient (Wildman–Crippen LogP) is 4.67. The lowest BCUT2D eigenvalue weighted by molar-refractivity contribution is 0.318. The van der Waals surface area contributed by atoms with Crippen LogP contribution in [0.4, 0.5) is 14.5 Å². The van der Waals surface area contributed by atoms with Crippen molar-refractivity contribution in [3.63, 3.8) is 0 Å². The number of ether oxygens (including phenoxy) is 1. The molecule has 2 aromatic carbocycles. The number of benzene rings is 2. The average molecular weight is 291 g/mol. The van der Waals surface area contributed by atoms with E-state index in [4.69, 9.17) is 4.74 Å². The molecule has 0 atom stereocenters. The van der Waals surface area contributed by atoms with Crippen LogP contribution >= 0.6 is 0 Å². The first-order chi connectivity index (χ1) is 10.1. The van der Waals surface area contributed by atoms with E-state index in [-0.39, 0.29) is 12.1 Å². The van der Waals surface area contributed by atoms with Crippen molar-refractivity contribution in [3.05, 3.63) is 59.2 Å². The van der Waals surface area contributed by atoms with Crippen LogP contribution in [0.1, 0.15) is 24.5 Å². The highest BCUT2D eigenvalue weighted by Gasteiger charge is 2.09. The van der Waals surface area contributed by atoms with Crippen LogP contribution in [0.25, 0.3) is 0 Å². The standard InChI is InChI=1S/C17H19F2NO/c1-3-9-21-16-10-12(2)7-8-15(16)20-11-13-5-4-6-14(18)17(13)19/h4-8,10,20H,3,9,11H2,1-2H3. The van der Waals surface area contributed by atoms with Crippen molar-refractivity contribution >= 4 is 5.69 Å². The molecule has 2 rings (SSSR count). The van der Waals surface area contributed by atoms with Crippen LogP contribution in [0.15, 0.2) is 36.4 Å². The number of aryl methyl sites for hydroxylation is 1. The first-order valence-corrected chi connectivity index (χ1v) is 7.02. The summed E-state index contributed by atoms with van der Waals surface area (Å²) in [5.41, 5.74) is 2.15. The maximum atomic E-state index is 13.6. The van der Waals surface area contributed by atoms with Gasteiger partial charge in [0.25, 0.3) is 0 Å². The van der Waals surface area contributed by atoms with Gasteiger partial charge >= 0.3 is 0 Å². The van der Waals surface area contributed by atoms with Crippen LogP contribution in [-0.4, -0.2) is 6.61 Å². The van der Waals surface area contributed by atoms with Crippen LogP contribution in [0.3, 0.4) is 0 Å². The maximum Gasteiger partial charge on any atom is 0.163 e. The highest BCUT2D eigenvalue weighted by atomic mass is 19.2. The second-order valence-electron chi connectivity index (χ2n) is 4.91. The third-order valence-electron chi connectivity index (χ3n) is 3.10. The minimum atomic E-state index is -0.833. The third-order valence-corrected chi connectivity index (χ3v) is 3.10. The van der Waals surface area contributed by atoms with E-state index < -0.39 is 11.6 Å². The number of hydrogen-bond donors (Lipinski definition) is 1. The molecule has 0 spiro atoms. The molecule has 0 fully saturated rings. The molecule has 1 N–H and O–H groups in total. The molecular formula is C17H19F2NO. The number of rotatable bonds is 6. The smallest absolute Gasteiger partial charge is 0.163 e. The van der Waals surface area contributed by atoms with E-state index in [1.54, 1.807) is 6.07 Å². The Kier molecular flexibility index (Phi) is 5.14.